The Morgan fingerprint density at radius 2 is 1.53 bits per heavy atom. The van der Waals surface area contributed by atoms with Gasteiger partial charge in [0.05, 0.1) is 25.4 Å². The van der Waals surface area contributed by atoms with Gasteiger partial charge < -0.3 is 14.4 Å². The lowest BCUT2D eigenvalue weighted by molar-refractivity contribution is -0.137. The summed E-state index contributed by atoms with van der Waals surface area (Å²) >= 11 is 0. The lowest BCUT2D eigenvalue weighted by atomic mass is 9.88. The Balaban J connectivity index is 1.56. The van der Waals surface area contributed by atoms with Gasteiger partial charge in [-0.2, -0.15) is 0 Å². The van der Waals surface area contributed by atoms with E-state index in [9.17, 15) is 4.79 Å². The second kappa shape index (κ2) is 4.94. The van der Waals surface area contributed by atoms with Gasteiger partial charge in [-0.25, -0.2) is 0 Å². The Morgan fingerprint density at radius 1 is 1.00 bits per heavy atom. The van der Waals surface area contributed by atoms with Gasteiger partial charge in [0.1, 0.15) is 0 Å². The molecular weight excluding hydrogens is 218 g/mol. The second-order valence-corrected chi connectivity index (χ2v) is 5.49. The van der Waals surface area contributed by atoms with Crippen molar-refractivity contribution in [2.75, 3.05) is 26.3 Å². The van der Waals surface area contributed by atoms with Gasteiger partial charge in [0.15, 0.2) is 0 Å². The van der Waals surface area contributed by atoms with E-state index in [0.717, 1.165) is 39.1 Å². The maximum Gasteiger partial charge on any atom is 0.225 e. The number of nitrogens with zero attached hydrogens (tertiary/aromatic N) is 1. The SMILES string of the molecule is O=C(C1CCCCC1)N(CC1CO1)CC1CO1. The zero-order valence-electron chi connectivity index (χ0n) is 10.3. The molecule has 4 heteroatoms. The van der Waals surface area contributed by atoms with Crippen LogP contribution in [0.25, 0.3) is 0 Å². The van der Waals surface area contributed by atoms with Crippen molar-refractivity contribution in [2.24, 2.45) is 5.92 Å². The van der Waals surface area contributed by atoms with E-state index in [1.165, 1.54) is 19.3 Å². The first kappa shape index (κ1) is 11.5. The number of epoxide rings is 2. The van der Waals surface area contributed by atoms with E-state index in [-0.39, 0.29) is 5.92 Å². The number of rotatable bonds is 5. The fourth-order valence-corrected chi connectivity index (χ4v) is 2.70. The molecule has 96 valence electrons. The zero-order valence-corrected chi connectivity index (χ0v) is 10.3. The molecule has 0 aromatic carbocycles. The molecule has 0 N–H and O–H groups in total. The van der Waals surface area contributed by atoms with Crippen LogP contribution in [-0.4, -0.2) is 49.3 Å². The summed E-state index contributed by atoms with van der Waals surface area (Å²) in [6, 6.07) is 0. The minimum Gasteiger partial charge on any atom is -0.371 e. The molecule has 2 saturated heterocycles. The number of ether oxygens (including phenoxy) is 2. The van der Waals surface area contributed by atoms with Crippen LogP contribution in [-0.2, 0) is 14.3 Å². The van der Waals surface area contributed by atoms with Crippen molar-refractivity contribution in [1.29, 1.82) is 0 Å². The standard InChI is InChI=1S/C13H21NO3/c15-13(10-4-2-1-3-5-10)14(6-11-8-16-11)7-12-9-17-12/h10-12H,1-9H2. The fraction of sp³-hybridized carbons (Fsp3) is 0.923. The molecule has 1 saturated carbocycles. The van der Waals surface area contributed by atoms with Crippen LogP contribution in [0.15, 0.2) is 0 Å². The molecule has 1 amide bonds. The Kier molecular flexibility index (Phi) is 3.34. The molecule has 0 aromatic rings. The van der Waals surface area contributed by atoms with Crippen LogP contribution in [0.5, 0.6) is 0 Å². The molecule has 0 bridgehead atoms. The van der Waals surface area contributed by atoms with Crippen LogP contribution in [0.1, 0.15) is 32.1 Å². The van der Waals surface area contributed by atoms with Crippen LogP contribution in [0.3, 0.4) is 0 Å². The Morgan fingerprint density at radius 3 is 2.00 bits per heavy atom. The van der Waals surface area contributed by atoms with Gasteiger partial charge in [-0.3, -0.25) is 4.79 Å². The number of carbonyl (C=O) groups is 1. The highest BCUT2D eigenvalue weighted by atomic mass is 16.6. The monoisotopic (exact) mass is 239 g/mol. The maximum atomic E-state index is 12.4. The van der Waals surface area contributed by atoms with Gasteiger partial charge in [0.2, 0.25) is 5.91 Å². The third-order valence-electron chi connectivity index (χ3n) is 3.92. The van der Waals surface area contributed by atoms with Crippen LogP contribution in [0.4, 0.5) is 0 Å². The predicted octanol–water partition coefficient (Wildman–Crippen LogP) is 1.19. The van der Waals surface area contributed by atoms with Gasteiger partial charge in [-0.05, 0) is 12.8 Å². The van der Waals surface area contributed by atoms with E-state index in [0.29, 0.717) is 18.1 Å². The van der Waals surface area contributed by atoms with Crippen LogP contribution in [0.2, 0.25) is 0 Å². The van der Waals surface area contributed by atoms with E-state index in [1.54, 1.807) is 0 Å². The minimum absolute atomic E-state index is 0.265. The molecule has 2 atom stereocenters. The lowest BCUT2D eigenvalue weighted by Crippen LogP contribution is -2.41. The highest BCUT2D eigenvalue weighted by Crippen LogP contribution is 2.27. The molecule has 1 aliphatic carbocycles. The third kappa shape index (κ3) is 3.19. The summed E-state index contributed by atoms with van der Waals surface area (Å²) < 4.78 is 10.5. The quantitative estimate of drug-likeness (QED) is 0.677. The lowest BCUT2D eigenvalue weighted by Gasteiger charge is -2.28. The van der Waals surface area contributed by atoms with Crippen molar-refractivity contribution in [1.82, 2.24) is 4.90 Å². The van der Waals surface area contributed by atoms with Crippen molar-refractivity contribution in [3.05, 3.63) is 0 Å². The van der Waals surface area contributed by atoms with E-state index >= 15 is 0 Å². The third-order valence-corrected chi connectivity index (χ3v) is 3.92. The summed E-state index contributed by atoms with van der Waals surface area (Å²) in [5, 5.41) is 0. The Labute approximate surface area is 102 Å². The van der Waals surface area contributed by atoms with E-state index in [1.807, 2.05) is 4.90 Å². The van der Waals surface area contributed by atoms with Crippen molar-refractivity contribution in [2.45, 2.75) is 44.3 Å². The highest BCUT2D eigenvalue weighted by molar-refractivity contribution is 5.79. The van der Waals surface area contributed by atoms with Crippen molar-refractivity contribution < 1.29 is 14.3 Å². The first-order valence-corrected chi connectivity index (χ1v) is 6.85. The van der Waals surface area contributed by atoms with Gasteiger partial charge >= 0.3 is 0 Å². The van der Waals surface area contributed by atoms with E-state index in [2.05, 4.69) is 0 Å². The largest absolute Gasteiger partial charge is 0.371 e. The molecule has 0 spiro atoms. The predicted molar refractivity (Wildman–Crippen MR) is 62.6 cm³/mol. The van der Waals surface area contributed by atoms with Crippen LogP contribution >= 0.6 is 0 Å². The van der Waals surface area contributed by atoms with Gasteiger partial charge in [0.25, 0.3) is 0 Å². The van der Waals surface area contributed by atoms with E-state index in [4.69, 9.17) is 9.47 Å². The highest BCUT2D eigenvalue weighted by Gasteiger charge is 2.35. The average molecular weight is 239 g/mol. The van der Waals surface area contributed by atoms with Crippen LogP contribution in [0, 0.1) is 5.92 Å². The molecule has 3 aliphatic rings. The van der Waals surface area contributed by atoms with Crippen molar-refractivity contribution in [3.8, 4) is 0 Å². The molecule has 3 rings (SSSR count). The smallest absolute Gasteiger partial charge is 0.225 e. The summed E-state index contributed by atoms with van der Waals surface area (Å²) in [5.41, 5.74) is 0. The first-order chi connectivity index (χ1) is 8.33. The molecule has 4 nitrogen and oxygen atoms in total. The maximum absolute atomic E-state index is 12.4. The number of carbonyl (C=O) groups excluding carboxylic acids is 1. The van der Waals surface area contributed by atoms with Gasteiger partial charge in [0, 0.05) is 19.0 Å². The number of hydrogen-bond donors (Lipinski definition) is 0. The molecular formula is C13H21NO3. The first-order valence-electron chi connectivity index (χ1n) is 6.85. The van der Waals surface area contributed by atoms with E-state index < -0.39 is 0 Å². The van der Waals surface area contributed by atoms with Gasteiger partial charge in [-0.15, -0.1) is 0 Å². The number of hydrogen-bond acceptors (Lipinski definition) is 3. The topological polar surface area (TPSA) is 45.4 Å². The molecule has 2 unspecified atom stereocenters. The molecule has 0 aromatic heterocycles. The summed E-state index contributed by atoms with van der Waals surface area (Å²) in [6.45, 7) is 3.18. The summed E-state index contributed by atoms with van der Waals surface area (Å²) in [5.74, 6) is 0.608. The molecule has 2 heterocycles. The molecule has 3 fully saturated rings. The fourth-order valence-electron chi connectivity index (χ4n) is 2.70. The molecule has 0 radical (unpaired) electrons. The molecule has 17 heavy (non-hydrogen) atoms. The summed E-state index contributed by atoms with van der Waals surface area (Å²) in [6.07, 6.45) is 6.45. The minimum atomic E-state index is 0.265. The summed E-state index contributed by atoms with van der Waals surface area (Å²) in [4.78, 5) is 14.4. The van der Waals surface area contributed by atoms with Gasteiger partial charge in [-0.1, -0.05) is 19.3 Å². The van der Waals surface area contributed by atoms with Crippen LogP contribution < -0.4 is 0 Å². The summed E-state index contributed by atoms with van der Waals surface area (Å²) in [7, 11) is 0. The second-order valence-electron chi connectivity index (χ2n) is 5.49. The van der Waals surface area contributed by atoms with Crippen molar-refractivity contribution in [3.63, 3.8) is 0 Å². The molecule has 2 aliphatic heterocycles. The average Bonchev–Trinajstić information content (AvgIpc) is 3.23. The van der Waals surface area contributed by atoms with Crippen molar-refractivity contribution >= 4 is 5.91 Å². The Bertz CT molecular complexity index is 266. The zero-order chi connectivity index (χ0) is 11.7. The normalized spacial score (nSPS) is 32.2. The number of amides is 1. The Hall–Kier alpha value is -0.610.